The molecule has 0 aliphatic heterocycles. The van der Waals surface area contributed by atoms with Gasteiger partial charge in [0, 0.05) is 10.4 Å². The molecule has 1 fully saturated rings. The molecule has 92 valence electrons. The fourth-order valence-electron chi connectivity index (χ4n) is 2.62. The number of ketones is 1. The molecule has 0 amide bonds. The summed E-state index contributed by atoms with van der Waals surface area (Å²) < 4.78 is 1.06. The van der Waals surface area contributed by atoms with Crippen LogP contribution in [0.3, 0.4) is 0 Å². The van der Waals surface area contributed by atoms with Gasteiger partial charge < -0.3 is 5.11 Å². The molecule has 2 rings (SSSR count). The highest BCUT2D eigenvalue weighted by molar-refractivity contribution is 9.10. The summed E-state index contributed by atoms with van der Waals surface area (Å²) in [6, 6.07) is 8.14. The minimum Gasteiger partial charge on any atom is -0.393 e. The molecule has 17 heavy (non-hydrogen) atoms. The fourth-order valence-corrected chi connectivity index (χ4v) is 3.07. The van der Waals surface area contributed by atoms with Crippen molar-refractivity contribution in [1.29, 1.82) is 0 Å². The van der Waals surface area contributed by atoms with E-state index in [0.29, 0.717) is 6.42 Å². The lowest BCUT2D eigenvalue weighted by atomic mass is 9.95. The van der Waals surface area contributed by atoms with Crippen molar-refractivity contribution in [2.75, 3.05) is 0 Å². The summed E-state index contributed by atoms with van der Waals surface area (Å²) in [5.41, 5.74) is 1.22. The summed E-state index contributed by atoms with van der Waals surface area (Å²) in [6.07, 6.45) is 1.98. The zero-order valence-electron chi connectivity index (χ0n) is 9.90. The molecule has 1 unspecified atom stereocenters. The van der Waals surface area contributed by atoms with Crippen LogP contribution in [0.4, 0.5) is 0 Å². The Bertz CT molecular complexity index is 416. The Morgan fingerprint density at radius 2 is 2.24 bits per heavy atom. The monoisotopic (exact) mass is 296 g/mol. The maximum atomic E-state index is 11.3. The number of aliphatic hydroxyl groups is 1. The van der Waals surface area contributed by atoms with Gasteiger partial charge in [-0.05, 0) is 49.8 Å². The molecule has 0 saturated heterocycles. The van der Waals surface area contributed by atoms with E-state index in [1.165, 1.54) is 5.56 Å². The van der Waals surface area contributed by atoms with Crippen LogP contribution >= 0.6 is 15.9 Å². The zero-order chi connectivity index (χ0) is 12.4. The van der Waals surface area contributed by atoms with Gasteiger partial charge in [0.1, 0.15) is 5.78 Å². The number of carbonyl (C=O) groups excluding carboxylic acids is 1. The molecular formula is C14H17BrO2. The fraction of sp³-hybridized carbons (Fsp3) is 0.500. The van der Waals surface area contributed by atoms with Gasteiger partial charge in [-0.25, -0.2) is 0 Å². The lowest BCUT2D eigenvalue weighted by Crippen LogP contribution is -2.15. The first-order valence-electron chi connectivity index (χ1n) is 5.99. The van der Waals surface area contributed by atoms with Gasteiger partial charge in [-0.15, -0.1) is 0 Å². The van der Waals surface area contributed by atoms with E-state index >= 15 is 0 Å². The van der Waals surface area contributed by atoms with Crippen molar-refractivity contribution in [1.82, 2.24) is 0 Å². The predicted molar refractivity (Wildman–Crippen MR) is 70.7 cm³/mol. The molecule has 1 saturated carbocycles. The molecule has 1 aromatic carbocycles. The van der Waals surface area contributed by atoms with Crippen LogP contribution in [0.1, 0.15) is 25.3 Å². The summed E-state index contributed by atoms with van der Waals surface area (Å²) in [7, 11) is 0. The maximum Gasteiger partial charge on any atom is 0.133 e. The second-order valence-electron chi connectivity index (χ2n) is 4.94. The maximum absolute atomic E-state index is 11.3. The van der Waals surface area contributed by atoms with Crippen LogP contribution in [-0.2, 0) is 11.2 Å². The first-order chi connectivity index (χ1) is 8.06. The molecule has 0 radical (unpaired) electrons. The number of benzene rings is 1. The van der Waals surface area contributed by atoms with E-state index in [4.69, 9.17) is 0 Å². The lowest BCUT2D eigenvalue weighted by Gasteiger charge is -2.14. The van der Waals surface area contributed by atoms with Crippen molar-refractivity contribution in [3.8, 4) is 0 Å². The SMILES string of the molecule is CC(=O)[C@@H]1CC(O)[C@@H](Cc2cccc(Br)c2)C1. The second-order valence-corrected chi connectivity index (χ2v) is 5.86. The smallest absolute Gasteiger partial charge is 0.133 e. The van der Waals surface area contributed by atoms with Crippen molar-refractivity contribution < 1.29 is 9.90 Å². The summed E-state index contributed by atoms with van der Waals surface area (Å²) in [5, 5.41) is 9.97. The molecule has 1 N–H and O–H groups in total. The quantitative estimate of drug-likeness (QED) is 0.931. The molecule has 0 bridgehead atoms. The highest BCUT2D eigenvalue weighted by Crippen LogP contribution is 2.34. The Kier molecular flexibility index (Phi) is 4.00. The van der Waals surface area contributed by atoms with E-state index < -0.39 is 0 Å². The topological polar surface area (TPSA) is 37.3 Å². The molecule has 0 spiro atoms. The number of carbonyl (C=O) groups is 1. The summed E-state index contributed by atoms with van der Waals surface area (Å²) in [6.45, 7) is 1.62. The number of rotatable bonds is 3. The Balaban J connectivity index is 2.02. The van der Waals surface area contributed by atoms with Gasteiger partial charge in [0.2, 0.25) is 0 Å². The first kappa shape index (κ1) is 12.8. The van der Waals surface area contributed by atoms with Crippen molar-refractivity contribution in [3.05, 3.63) is 34.3 Å². The van der Waals surface area contributed by atoms with Crippen molar-refractivity contribution in [2.45, 2.75) is 32.3 Å². The van der Waals surface area contributed by atoms with Crippen molar-refractivity contribution >= 4 is 21.7 Å². The van der Waals surface area contributed by atoms with Crippen LogP contribution in [0.15, 0.2) is 28.7 Å². The Morgan fingerprint density at radius 3 is 2.82 bits per heavy atom. The summed E-state index contributed by atoms with van der Waals surface area (Å²) in [5.74, 6) is 0.487. The van der Waals surface area contributed by atoms with E-state index in [2.05, 4.69) is 28.1 Å². The molecule has 3 heteroatoms. The minimum atomic E-state index is -0.331. The average Bonchev–Trinajstić information content (AvgIpc) is 2.61. The van der Waals surface area contributed by atoms with Gasteiger partial charge in [0.05, 0.1) is 6.10 Å². The van der Waals surface area contributed by atoms with Crippen molar-refractivity contribution in [3.63, 3.8) is 0 Å². The number of halogens is 1. The van der Waals surface area contributed by atoms with Crippen LogP contribution in [-0.4, -0.2) is 17.0 Å². The van der Waals surface area contributed by atoms with Gasteiger partial charge in [0.25, 0.3) is 0 Å². The molecule has 0 heterocycles. The van der Waals surface area contributed by atoms with Crippen LogP contribution < -0.4 is 0 Å². The van der Waals surface area contributed by atoms with Crippen LogP contribution in [0.25, 0.3) is 0 Å². The third-order valence-electron chi connectivity index (χ3n) is 3.62. The number of aliphatic hydroxyl groups excluding tert-OH is 1. The molecule has 1 aromatic rings. The largest absolute Gasteiger partial charge is 0.393 e. The van der Waals surface area contributed by atoms with E-state index in [-0.39, 0.29) is 23.7 Å². The first-order valence-corrected chi connectivity index (χ1v) is 6.78. The van der Waals surface area contributed by atoms with Gasteiger partial charge in [-0.1, -0.05) is 28.1 Å². The summed E-state index contributed by atoms with van der Waals surface area (Å²) in [4.78, 5) is 11.3. The molecule has 1 aliphatic carbocycles. The molecule has 2 nitrogen and oxygen atoms in total. The van der Waals surface area contributed by atoms with Gasteiger partial charge >= 0.3 is 0 Å². The zero-order valence-corrected chi connectivity index (χ0v) is 11.5. The normalized spacial score (nSPS) is 28.3. The van der Waals surface area contributed by atoms with Gasteiger partial charge in [-0.3, -0.25) is 4.79 Å². The van der Waals surface area contributed by atoms with Gasteiger partial charge in [-0.2, -0.15) is 0 Å². The number of hydrogen-bond donors (Lipinski definition) is 1. The Labute approximate surface area is 110 Å². The number of Topliss-reactive ketones (excluding diaryl/α,β-unsaturated/α-hetero) is 1. The Morgan fingerprint density at radius 1 is 1.47 bits per heavy atom. The standard InChI is InChI=1S/C14H17BrO2/c1-9(16)11-7-12(14(17)8-11)5-10-3-2-4-13(15)6-10/h2-4,6,11-12,14,17H,5,7-8H2,1H3/t11-,12-,14?/m0/s1. The predicted octanol–water partition coefficient (Wildman–Crippen LogP) is 2.97. The second kappa shape index (κ2) is 5.32. The van der Waals surface area contributed by atoms with Crippen LogP contribution in [0.2, 0.25) is 0 Å². The highest BCUT2D eigenvalue weighted by Gasteiger charge is 2.34. The van der Waals surface area contributed by atoms with E-state index in [9.17, 15) is 9.90 Å². The summed E-state index contributed by atoms with van der Waals surface area (Å²) >= 11 is 3.45. The molecule has 3 atom stereocenters. The Hall–Kier alpha value is -0.670. The molecule has 1 aliphatic rings. The minimum absolute atomic E-state index is 0.0575. The van der Waals surface area contributed by atoms with Gasteiger partial charge in [0.15, 0.2) is 0 Å². The average molecular weight is 297 g/mol. The number of hydrogen-bond acceptors (Lipinski definition) is 2. The van der Waals surface area contributed by atoms with E-state index in [1.807, 2.05) is 12.1 Å². The van der Waals surface area contributed by atoms with Crippen LogP contribution in [0, 0.1) is 11.8 Å². The molecule has 0 aromatic heterocycles. The third kappa shape index (κ3) is 3.17. The van der Waals surface area contributed by atoms with Crippen LogP contribution in [0.5, 0.6) is 0 Å². The highest BCUT2D eigenvalue weighted by atomic mass is 79.9. The van der Waals surface area contributed by atoms with E-state index in [0.717, 1.165) is 17.3 Å². The van der Waals surface area contributed by atoms with E-state index in [1.54, 1.807) is 6.92 Å². The lowest BCUT2D eigenvalue weighted by molar-refractivity contribution is -0.120. The van der Waals surface area contributed by atoms with Crippen molar-refractivity contribution in [2.24, 2.45) is 11.8 Å². The third-order valence-corrected chi connectivity index (χ3v) is 4.11. The molecular weight excluding hydrogens is 280 g/mol.